The van der Waals surface area contributed by atoms with Crippen molar-refractivity contribution in [2.45, 2.75) is 13.0 Å². The summed E-state index contributed by atoms with van der Waals surface area (Å²) in [6.45, 7) is -0.270. The second kappa shape index (κ2) is 4.35. The van der Waals surface area contributed by atoms with Crippen LogP contribution in [0.3, 0.4) is 0 Å². The number of carboxylic acid groups (broad SMARTS) is 1. The van der Waals surface area contributed by atoms with E-state index in [1.165, 1.54) is 13.3 Å². The van der Waals surface area contributed by atoms with Crippen LogP contribution in [-0.4, -0.2) is 39.1 Å². The average Bonchev–Trinajstić information content (AvgIpc) is 2.51. The van der Waals surface area contributed by atoms with Crippen LogP contribution in [0.15, 0.2) is 6.20 Å². The zero-order chi connectivity index (χ0) is 10.6. The van der Waals surface area contributed by atoms with Gasteiger partial charge in [-0.05, 0) is 0 Å². The summed E-state index contributed by atoms with van der Waals surface area (Å²) in [6.07, 6.45) is 1.39. The number of carbonyl (C=O) groups excluding carboxylic acids is 1. The Bertz CT molecular complexity index is 346. The van der Waals surface area contributed by atoms with Gasteiger partial charge in [-0.2, -0.15) is 0 Å². The summed E-state index contributed by atoms with van der Waals surface area (Å²) < 4.78 is 5.55. The first-order chi connectivity index (χ1) is 6.61. The van der Waals surface area contributed by atoms with E-state index in [0.717, 1.165) is 4.68 Å². The van der Waals surface area contributed by atoms with Gasteiger partial charge in [-0.15, -0.1) is 5.10 Å². The molecule has 0 amide bonds. The zero-order valence-electron chi connectivity index (χ0n) is 7.51. The van der Waals surface area contributed by atoms with Gasteiger partial charge in [0.05, 0.1) is 19.2 Å². The van der Waals surface area contributed by atoms with Crippen LogP contribution in [0.4, 0.5) is 0 Å². The van der Waals surface area contributed by atoms with Gasteiger partial charge in [-0.3, -0.25) is 9.59 Å². The van der Waals surface area contributed by atoms with Crippen LogP contribution in [0.2, 0.25) is 0 Å². The first-order valence-electron chi connectivity index (χ1n) is 3.79. The minimum atomic E-state index is -1.01. The maximum absolute atomic E-state index is 10.8. The molecule has 0 aliphatic carbocycles. The molecule has 0 aliphatic heterocycles. The van der Waals surface area contributed by atoms with Gasteiger partial charge in [0, 0.05) is 6.20 Å². The van der Waals surface area contributed by atoms with E-state index in [1.54, 1.807) is 0 Å². The highest BCUT2D eigenvalue weighted by molar-refractivity contribution is 5.71. The second-order valence-electron chi connectivity index (χ2n) is 2.55. The predicted molar refractivity (Wildman–Crippen MR) is 43.4 cm³/mol. The monoisotopic (exact) mass is 199 g/mol. The van der Waals surface area contributed by atoms with E-state index in [2.05, 4.69) is 15.0 Å². The third kappa shape index (κ3) is 2.85. The molecule has 1 N–H and O–H groups in total. The summed E-state index contributed by atoms with van der Waals surface area (Å²) in [4.78, 5) is 21.1. The van der Waals surface area contributed by atoms with Gasteiger partial charge in [0.15, 0.2) is 0 Å². The Morgan fingerprint density at radius 1 is 1.64 bits per heavy atom. The molecule has 0 radical (unpaired) electrons. The standard InChI is InChI=1S/C7H9N3O4/c1-14-7(13)2-5-3-10(9-8-5)4-6(11)12/h3H,2,4H2,1H3,(H,11,12). The van der Waals surface area contributed by atoms with Crippen LogP contribution >= 0.6 is 0 Å². The maximum atomic E-state index is 10.8. The third-order valence-corrected chi connectivity index (χ3v) is 1.44. The molecule has 0 aliphatic rings. The van der Waals surface area contributed by atoms with Gasteiger partial charge in [-0.1, -0.05) is 5.21 Å². The fourth-order valence-corrected chi connectivity index (χ4v) is 0.855. The zero-order valence-corrected chi connectivity index (χ0v) is 7.51. The van der Waals surface area contributed by atoms with Crippen LogP contribution in [0.5, 0.6) is 0 Å². The summed E-state index contributed by atoms with van der Waals surface area (Å²) in [5.74, 6) is -1.45. The largest absolute Gasteiger partial charge is 0.480 e. The number of aliphatic carboxylic acids is 1. The fraction of sp³-hybridized carbons (Fsp3) is 0.429. The summed E-state index contributed by atoms with van der Waals surface area (Å²) in [7, 11) is 1.27. The Labute approximate surface area is 79.3 Å². The molecular formula is C7H9N3O4. The molecule has 0 spiro atoms. The average molecular weight is 199 g/mol. The second-order valence-corrected chi connectivity index (χ2v) is 2.55. The fourth-order valence-electron chi connectivity index (χ4n) is 0.855. The number of ether oxygens (including phenoxy) is 1. The molecule has 1 aromatic heterocycles. The van der Waals surface area contributed by atoms with Gasteiger partial charge >= 0.3 is 11.9 Å². The molecule has 1 rings (SSSR count). The van der Waals surface area contributed by atoms with Crippen molar-refractivity contribution >= 4 is 11.9 Å². The molecule has 1 aromatic rings. The number of esters is 1. The van der Waals surface area contributed by atoms with E-state index in [-0.39, 0.29) is 13.0 Å². The lowest BCUT2D eigenvalue weighted by Gasteiger charge is -1.93. The molecule has 0 saturated heterocycles. The molecule has 0 aromatic carbocycles. The molecule has 1 heterocycles. The van der Waals surface area contributed by atoms with Crippen molar-refractivity contribution in [3.8, 4) is 0 Å². The number of nitrogens with zero attached hydrogens (tertiary/aromatic N) is 3. The predicted octanol–water partition coefficient (Wildman–Crippen LogP) is -0.922. The Kier molecular flexibility index (Phi) is 3.16. The van der Waals surface area contributed by atoms with Gasteiger partial charge in [0.1, 0.15) is 6.54 Å². The molecule has 7 nitrogen and oxygen atoms in total. The Hall–Kier alpha value is -1.92. The minimum absolute atomic E-state index is 0.00385. The van der Waals surface area contributed by atoms with Gasteiger partial charge < -0.3 is 9.84 Å². The highest BCUT2D eigenvalue weighted by Crippen LogP contribution is 1.95. The van der Waals surface area contributed by atoms with Crippen LogP contribution in [0.25, 0.3) is 0 Å². The van der Waals surface area contributed by atoms with Gasteiger partial charge in [0.25, 0.3) is 0 Å². The van der Waals surface area contributed by atoms with Crippen molar-refractivity contribution in [3.05, 3.63) is 11.9 Å². The number of carbonyl (C=O) groups is 2. The number of hydrogen-bond acceptors (Lipinski definition) is 5. The van der Waals surface area contributed by atoms with E-state index in [4.69, 9.17) is 5.11 Å². The number of aromatic nitrogens is 3. The molecule has 76 valence electrons. The van der Waals surface area contributed by atoms with Gasteiger partial charge in [-0.25, -0.2) is 4.68 Å². The van der Waals surface area contributed by atoms with Crippen molar-refractivity contribution in [1.82, 2.24) is 15.0 Å². The first kappa shape index (κ1) is 10.2. The highest BCUT2D eigenvalue weighted by atomic mass is 16.5. The Morgan fingerprint density at radius 3 is 2.93 bits per heavy atom. The molecular weight excluding hydrogens is 190 g/mol. The van der Waals surface area contributed by atoms with Crippen molar-refractivity contribution in [2.75, 3.05) is 7.11 Å². The van der Waals surface area contributed by atoms with Crippen LogP contribution in [-0.2, 0) is 27.3 Å². The van der Waals surface area contributed by atoms with Crippen LogP contribution < -0.4 is 0 Å². The molecule has 14 heavy (non-hydrogen) atoms. The van der Waals surface area contributed by atoms with Crippen LogP contribution in [0.1, 0.15) is 5.69 Å². The van der Waals surface area contributed by atoms with E-state index in [0.29, 0.717) is 5.69 Å². The number of methoxy groups -OCH3 is 1. The summed E-state index contributed by atoms with van der Waals surface area (Å²) in [5.41, 5.74) is 0.387. The molecule has 0 saturated carbocycles. The van der Waals surface area contributed by atoms with Gasteiger partial charge in [0.2, 0.25) is 0 Å². The van der Waals surface area contributed by atoms with Crippen molar-refractivity contribution in [3.63, 3.8) is 0 Å². The Balaban J connectivity index is 2.59. The summed E-state index contributed by atoms with van der Waals surface area (Å²) >= 11 is 0. The topological polar surface area (TPSA) is 94.3 Å². The van der Waals surface area contributed by atoms with E-state index < -0.39 is 11.9 Å². The lowest BCUT2D eigenvalue weighted by molar-refractivity contribution is -0.140. The lowest BCUT2D eigenvalue weighted by atomic mass is 10.3. The van der Waals surface area contributed by atoms with E-state index in [9.17, 15) is 9.59 Å². The summed E-state index contributed by atoms with van der Waals surface area (Å²) in [5, 5.41) is 15.6. The van der Waals surface area contributed by atoms with E-state index >= 15 is 0 Å². The van der Waals surface area contributed by atoms with Crippen LogP contribution in [0, 0.1) is 0 Å². The number of rotatable bonds is 4. The smallest absolute Gasteiger partial charge is 0.325 e. The summed E-state index contributed by atoms with van der Waals surface area (Å²) in [6, 6.07) is 0. The van der Waals surface area contributed by atoms with E-state index in [1.807, 2.05) is 0 Å². The van der Waals surface area contributed by atoms with Crippen molar-refractivity contribution in [1.29, 1.82) is 0 Å². The number of carboxylic acids is 1. The molecule has 0 bridgehead atoms. The molecule has 0 fully saturated rings. The molecule has 7 heteroatoms. The number of hydrogen-bond donors (Lipinski definition) is 1. The minimum Gasteiger partial charge on any atom is -0.480 e. The molecule has 0 unspecified atom stereocenters. The lowest BCUT2D eigenvalue weighted by Crippen LogP contribution is -2.09. The molecule has 0 atom stereocenters. The van der Waals surface area contributed by atoms with Crippen molar-refractivity contribution < 1.29 is 19.4 Å². The quantitative estimate of drug-likeness (QED) is 0.630. The SMILES string of the molecule is COC(=O)Cc1cn(CC(=O)O)nn1. The highest BCUT2D eigenvalue weighted by Gasteiger charge is 2.08. The maximum Gasteiger partial charge on any atom is 0.325 e. The third-order valence-electron chi connectivity index (χ3n) is 1.44. The van der Waals surface area contributed by atoms with Crippen molar-refractivity contribution in [2.24, 2.45) is 0 Å². The normalized spacial score (nSPS) is 9.79. The Morgan fingerprint density at radius 2 is 2.36 bits per heavy atom. The first-order valence-corrected chi connectivity index (χ1v) is 3.79.